The number of rotatable bonds is 3. The largest absolute Gasteiger partial charge is 0.492 e. The van der Waals surface area contributed by atoms with Crippen molar-refractivity contribution < 1.29 is 9.53 Å². The number of halogens is 1. The van der Waals surface area contributed by atoms with Crippen LogP contribution in [0.5, 0.6) is 5.75 Å². The number of carbonyl (C=O) groups is 1. The first-order valence-corrected chi connectivity index (χ1v) is 8.00. The Kier molecular flexibility index (Phi) is 3.78. The Morgan fingerprint density at radius 3 is 3.05 bits per heavy atom. The normalized spacial score (nSPS) is 28.8. The number of amides is 1. The molecular formula is C15H18BrNO2. The molecule has 1 heterocycles. The van der Waals surface area contributed by atoms with Gasteiger partial charge in [-0.05, 0) is 24.8 Å². The molecule has 4 heteroatoms. The summed E-state index contributed by atoms with van der Waals surface area (Å²) in [6.45, 7) is 0.469. The van der Waals surface area contributed by atoms with Crippen molar-refractivity contribution in [3.8, 4) is 5.75 Å². The number of hydrogen-bond donors (Lipinski definition) is 1. The molecule has 0 saturated heterocycles. The highest BCUT2D eigenvalue weighted by Gasteiger charge is 2.34. The predicted octanol–water partition coefficient (Wildman–Crippen LogP) is 2.84. The second-order valence-electron chi connectivity index (χ2n) is 5.36. The third kappa shape index (κ3) is 2.50. The topological polar surface area (TPSA) is 38.3 Å². The zero-order valence-corrected chi connectivity index (χ0v) is 12.4. The van der Waals surface area contributed by atoms with E-state index < -0.39 is 0 Å². The van der Waals surface area contributed by atoms with Crippen molar-refractivity contribution in [3.63, 3.8) is 0 Å². The van der Waals surface area contributed by atoms with E-state index in [2.05, 4.69) is 21.2 Å². The summed E-state index contributed by atoms with van der Waals surface area (Å²) in [5, 5.41) is 4.18. The Balaban J connectivity index is 1.69. The van der Waals surface area contributed by atoms with Crippen LogP contribution in [0.25, 0.3) is 0 Å². The molecular weight excluding hydrogens is 306 g/mol. The van der Waals surface area contributed by atoms with Gasteiger partial charge in [0.05, 0.1) is 0 Å². The molecule has 3 rings (SSSR count). The first kappa shape index (κ1) is 13.0. The maximum atomic E-state index is 12.4. The maximum Gasteiger partial charge on any atom is 0.231 e. The fourth-order valence-electron chi connectivity index (χ4n) is 3.07. The van der Waals surface area contributed by atoms with Crippen LogP contribution in [0.4, 0.5) is 0 Å². The molecule has 0 aromatic heterocycles. The molecule has 102 valence electrons. The van der Waals surface area contributed by atoms with Crippen molar-refractivity contribution in [2.45, 2.75) is 31.2 Å². The van der Waals surface area contributed by atoms with E-state index in [4.69, 9.17) is 4.74 Å². The molecule has 3 unspecified atom stereocenters. The quantitative estimate of drug-likeness (QED) is 0.869. The monoisotopic (exact) mass is 323 g/mol. The van der Waals surface area contributed by atoms with Gasteiger partial charge < -0.3 is 10.1 Å². The number of hydrogen-bond acceptors (Lipinski definition) is 2. The number of carbonyl (C=O) groups excluding carboxylic acids is 1. The minimum atomic E-state index is -0.146. The molecule has 1 aliphatic carbocycles. The van der Waals surface area contributed by atoms with Crippen LogP contribution < -0.4 is 10.1 Å². The van der Waals surface area contributed by atoms with E-state index in [-0.39, 0.29) is 11.8 Å². The van der Waals surface area contributed by atoms with Crippen LogP contribution in [0.3, 0.4) is 0 Å². The van der Waals surface area contributed by atoms with Gasteiger partial charge in [0.25, 0.3) is 0 Å². The first-order valence-electron chi connectivity index (χ1n) is 6.87. The summed E-state index contributed by atoms with van der Waals surface area (Å²) in [6.07, 6.45) is 3.50. The Morgan fingerprint density at radius 2 is 2.21 bits per heavy atom. The van der Waals surface area contributed by atoms with E-state index >= 15 is 0 Å². The van der Waals surface area contributed by atoms with Gasteiger partial charge in [-0.1, -0.05) is 40.5 Å². The van der Waals surface area contributed by atoms with Gasteiger partial charge in [-0.3, -0.25) is 4.79 Å². The summed E-state index contributed by atoms with van der Waals surface area (Å²) in [5.41, 5.74) is 1.02. The zero-order valence-electron chi connectivity index (χ0n) is 10.8. The molecule has 0 spiro atoms. The van der Waals surface area contributed by atoms with Gasteiger partial charge in [0.2, 0.25) is 5.91 Å². The number of fused-ring (bicyclic) bond motifs is 1. The molecule has 0 radical (unpaired) electrons. The number of benzene rings is 1. The van der Waals surface area contributed by atoms with Crippen LogP contribution in [-0.2, 0) is 4.79 Å². The zero-order chi connectivity index (χ0) is 13.2. The fourth-order valence-corrected chi connectivity index (χ4v) is 3.85. The lowest BCUT2D eigenvalue weighted by Crippen LogP contribution is -2.41. The average molecular weight is 324 g/mol. The van der Waals surface area contributed by atoms with Crippen molar-refractivity contribution in [3.05, 3.63) is 29.8 Å². The highest BCUT2D eigenvalue weighted by Crippen LogP contribution is 2.34. The lowest BCUT2D eigenvalue weighted by Gasteiger charge is -2.21. The molecule has 2 aliphatic rings. The number of alkyl halides is 1. The van der Waals surface area contributed by atoms with Crippen LogP contribution in [0, 0.1) is 5.92 Å². The number of nitrogens with one attached hydrogen (secondary N) is 1. The Morgan fingerprint density at radius 1 is 1.37 bits per heavy atom. The van der Waals surface area contributed by atoms with Crippen LogP contribution in [0.1, 0.15) is 30.7 Å². The second kappa shape index (κ2) is 5.53. The lowest BCUT2D eigenvalue weighted by molar-refractivity contribution is -0.123. The van der Waals surface area contributed by atoms with Gasteiger partial charge in [-0.15, -0.1) is 0 Å². The highest BCUT2D eigenvalue weighted by atomic mass is 79.9. The van der Waals surface area contributed by atoms with E-state index in [0.717, 1.165) is 23.1 Å². The molecule has 0 bridgehead atoms. The Hall–Kier alpha value is -1.03. The molecule has 1 saturated carbocycles. The smallest absolute Gasteiger partial charge is 0.231 e. The van der Waals surface area contributed by atoms with Gasteiger partial charge in [0.1, 0.15) is 18.3 Å². The van der Waals surface area contributed by atoms with Crippen molar-refractivity contribution >= 4 is 21.8 Å². The first-order chi connectivity index (χ1) is 9.29. The van der Waals surface area contributed by atoms with E-state index in [1.807, 2.05) is 24.3 Å². The predicted molar refractivity (Wildman–Crippen MR) is 77.7 cm³/mol. The molecule has 1 aromatic carbocycles. The van der Waals surface area contributed by atoms with E-state index in [1.165, 1.54) is 12.8 Å². The highest BCUT2D eigenvalue weighted by molar-refractivity contribution is 9.09. The second-order valence-corrected chi connectivity index (χ2v) is 6.01. The maximum absolute atomic E-state index is 12.4. The van der Waals surface area contributed by atoms with Gasteiger partial charge in [-0.2, -0.15) is 0 Å². The van der Waals surface area contributed by atoms with Crippen molar-refractivity contribution in [2.24, 2.45) is 5.92 Å². The molecule has 1 amide bonds. The minimum absolute atomic E-state index is 0.114. The Labute approximate surface area is 121 Å². The third-order valence-electron chi connectivity index (χ3n) is 4.20. The molecule has 3 nitrogen and oxygen atoms in total. The van der Waals surface area contributed by atoms with Gasteiger partial charge in [0, 0.05) is 16.9 Å². The summed E-state index contributed by atoms with van der Waals surface area (Å²) in [5.74, 6) is 1.39. The number of ether oxygens (including phenoxy) is 1. The SMILES string of the molecule is O=C(NC1CCCC1CBr)C1COc2ccccc21. The van der Waals surface area contributed by atoms with Gasteiger partial charge in [0.15, 0.2) is 0 Å². The summed E-state index contributed by atoms with van der Waals surface area (Å²) in [6, 6.07) is 8.14. The van der Waals surface area contributed by atoms with E-state index in [9.17, 15) is 4.79 Å². The van der Waals surface area contributed by atoms with Gasteiger partial charge >= 0.3 is 0 Å². The summed E-state index contributed by atoms with van der Waals surface area (Å²) >= 11 is 3.54. The Bertz CT molecular complexity index is 477. The van der Waals surface area contributed by atoms with Crippen molar-refractivity contribution in [1.82, 2.24) is 5.32 Å². The fraction of sp³-hybridized carbons (Fsp3) is 0.533. The third-order valence-corrected chi connectivity index (χ3v) is 5.03. The van der Waals surface area contributed by atoms with E-state index in [0.29, 0.717) is 18.6 Å². The summed E-state index contributed by atoms with van der Waals surface area (Å²) in [4.78, 5) is 12.4. The summed E-state index contributed by atoms with van der Waals surface area (Å²) in [7, 11) is 0. The van der Waals surface area contributed by atoms with Crippen LogP contribution in [0.15, 0.2) is 24.3 Å². The molecule has 19 heavy (non-hydrogen) atoms. The molecule has 3 atom stereocenters. The molecule has 1 fully saturated rings. The molecule has 1 N–H and O–H groups in total. The molecule has 1 aliphatic heterocycles. The van der Waals surface area contributed by atoms with Crippen molar-refractivity contribution in [2.75, 3.05) is 11.9 Å². The minimum Gasteiger partial charge on any atom is -0.492 e. The standard InChI is InChI=1S/C15H18BrNO2/c16-8-10-4-3-6-13(10)17-15(18)12-9-19-14-7-2-1-5-11(12)14/h1-2,5,7,10,12-13H,3-4,6,8-9H2,(H,17,18). The van der Waals surface area contributed by atoms with Gasteiger partial charge in [-0.25, -0.2) is 0 Å². The van der Waals surface area contributed by atoms with Crippen LogP contribution in [0.2, 0.25) is 0 Å². The summed E-state index contributed by atoms with van der Waals surface area (Å²) < 4.78 is 5.58. The molecule has 1 aromatic rings. The lowest BCUT2D eigenvalue weighted by atomic mass is 9.99. The number of para-hydroxylation sites is 1. The van der Waals surface area contributed by atoms with E-state index in [1.54, 1.807) is 0 Å². The van der Waals surface area contributed by atoms with Crippen LogP contribution >= 0.6 is 15.9 Å². The van der Waals surface area contributed by atoms with Crippen molar-refractivity contribution in [1.29, 1.82) is 0 Å². The van der Waals surface area contributed by atoms with Crippen LogP contribution in [-0.4, -0.2) is 23.9 Å². The average Bonchev–Trinajstić information content (AvgIpc) is 3.04.